The molecule has 1 atom stereocenters. The molecule has 1 heterocycles. The van der Waals surface area contributed by atoms with E-state index in [4.69, 9.17) is 0 Å². The fourth-order valence-corrected chi connectivity index (χ4v) is 4.64. The number of sulfonamides is 1. The van der Waals surface area contributed by atoms with E-state index in [1.807, 2.05) is 6.07 Å². The van der Waals surface area contributed by atoms with Gasteiger partial charge in [-0.3, -0.25) is 0 Å². The topological polar surface area (TPSA) is 37.4 Å². The van der Waals surface area contributed by atoms with Gasteiger partial charge in [-0.05, 0) is 40.4 Å². The van der Waals surface area contributed by atoms with Gasteiger partial charge in [0.25, 0.3) is 0 Å². The Bertz CT molecular complexity index is 501. The van der Waals surface area contributed by atoms with Gasteiger partial charge in [0.2, 0.25) is 10.0 Å². The number of nitrogens with zero attached hydrogens (tertiary/aromatic N) is 1. The minimum Gasteiger partial charge on any atom is -0.207 e. The van der Waals surface area contributed by atoms with Crippen molar-refractivity contribution in [2.75, 3.05) is 13.1 Å². The van der Waals surface area contributed by atoms with Gasteiger partial charge in [-0.1, -0.05) is 25.5 Å². The van der Waals surface area contributed by atoms with Crippen molar-refractivity contribution in [2.24, 2.45) is 5.92 Å². The van der Waals surface area contributed by atoms with Crippen LogP contribution in [0.25, 0.3) is 0 Å². The Balaban J connectivity index is 2.29. The van der Waals surface area contributed by atoms with Gasteiger partial charge in [0.1, 0.15) is 0 Å². The second-order valence-corrected chi connectivity index (χ2v) is 7.12. The van der Waals surface area contributed by atoms with Crippen LogP contribution in [0.4, 0.5) is 0 Å². The molecule has 1 aliphatic heterocycles. The van der Waals surface area contributed by atoms with Crippen molar-refractivity contribution in [3.05, 3.63) is 28.7 Å². The predicted molar refractivity (Wildman–Crippen MR) is 71.3 cm³/mol. The molecule has 17 heavy (non-hydrogen) atoms. The molecule has 1 fully saturated rings. The molecule has 1 aromatic rings. The van der Waals surface area contributed by atoms with Gasteiger partial charge >= 0.3 is 0 Å². The number of hydrogen-bond acceptors (Lipinski definition) is 2. The maximum Gasteiger partial charge on any atom is 0.244 e. The number of benzene rings is 1. The fourth-order valence-electron chi connectivity index (χ4n) is 2.14. The third-order valence-corrected chi connectivity index (χ3v) is 6.16. The van der Waals surface area contributed by atoms with Crippen LogP contribution >= 0.6 is 15.9 Å². The fraction of sp³-hybridized carbons (Fsp3) is 0.500. The van der Waals surface area contributed by atoms with E-state index in [9.17, 15) is 8.42 Å². The van der Waals surface area contributed by atoms with Crippen LogP contribution in [0, 0.1) is 5.92 Å². The zero-order chi connectivity index (χ0) is 12.5. The lowest BCUT2D eigenvalue weighted by atomic mass is 10.1. The standard InChI is InChI=1S/C12H16BrNO2S/c1-2-10-7-8-14(9-10)17(15,16)12-6-4-3-5-11(12)13/h3-6,10H,2,7-9H2,1H3. The molecule has 2 rings (SSSR count). The van der Waals surface area contributed by atoms with Crippen LogP contribution in [0.1, 0.15) is 19.8 Å². The number of halogens is 1. The summed E-state index contributed by atoms with van der Waals surface area (Å²) in [7, 11) is -3.33. The first-order valence-corrected chi connectivity index (χ1v) is 8.03. The summed E-state index contributed by atoms with van der Waals surface area (Å²) in [6, 6.07) is 6.99. The highest BCUT2D eigenvalue weighted by Gasteiger charge is 2.32. The highest BCUT2D eigenvalue weighted by molar-refractivity contribution is 9.10. The van der Waals surface area contributed by atoms with Crippen molar-refractivity contribution in [1.29, 1.82) is 0 Å². The Morgan fingerprint density at radius 2 is 2.12 bits per heavy atom. The Labute approximate surface area is 111 Å². The summed E-state index contributed by atoms with van der Waals surface area (Å²) >= 11 is 3.31. The molecule has 0 saturated carbocycles. The lowest BCUT2D eigenvalue weighted by molar-refractivity contribution is 0.452. The highest BCUT2D eigenvalue weighted by Crippen LogP contribution is 2.29. The molecule has 0 aliphatic carbocycles. The Morgan fingerprint density at radius 3 is 2.71 bits per heavy atom. The molecule has 3 nitrogen and oxygen atoms in total. The third-order valence-electron chi connectivity index (χ3n) is 3.28. The summed E-state index contributed by atoms with van der Waals surface area (Å²) in [5.74, 6) is 0.507. The van der Waals surface area contributed by atoms with E-state index in [1.54, 1.807) is 22.5 Å². The van der Waals surface area contributed by atoms with Crippen molar-refractivity contribution >= 4 is 26.0 Å². The quantitative estimate of drug-likeness (QED) is 0.859. The van der Waals surface area contributed by atoms with Crippen LogP contribution < -0.4 is 0 Å². The average molecular weight is 318 g/mol. The van der Waals surface area contributed by atoms with E-state index < -0.39 is 10.0 Å². The molecule has 1 saturated heterocycles. The van der Waals surface area contributed by atoms with Gasteiger partial charge in [0.05, 0.1) is 4.90 Å². The summed E-state index contributed by atoms with van der Waals surface area (Å²) in [4.78, 5) is 0.372. The average Bonchev–Trinajstić information content (AvgIpc) is 2.78. The van der Waals surface area contributed by atoms with E-state index >= 15 is 0 Å². The predicted octanol–water partition coefficient (Wildman–Crippen LogP) is 2.87. The normalized spacial score (nSPS) is 21.9. The maximum atomic E-state index is 12.4. The molecule has 0 radical (unpaired) electrons. The van der Waals surface area contributed by atoms with E-state index in [1.165, 1.54) is 0 Å². The van der Waals surface area contributed by atoms with Gasteiger partial charge in [-0.15, -0.1) is 0 Å². The lowest BCUT2D eigenvalue weighted by Gasteiger charge is -2.17. The third kappa shape index (κ3) is 2.56. The molecule has 1 aromatic carbocycles. The van der Waals surface area contributed by atoms with Crippen molar-refractivity contribution < 1.29 is 8.42 Å². The first-order chi connectivity index (χ1) is 8.05. The molecule has 94 valence electrons. The van der Waals surface area contributed by atoms with Crippen LogP contribution in [-0.2, 0) is 10.0 Å². The Hall–Kier alpha value is -0.390. The van der Waals surface area contributed by atoms with Crippen LogP contribution in [0.5, 0.6) is 0 Å². The molecule has 0 bridgehead atoms. The minimum atomic E-state index is -3.33. The highest BCUT2D eigenvalue weighted by atomic mass is 79.9. The molecule has 0 spiro atoms. The van der Waals surface area contributed by atoms with Gasteiger partial charge in [-0.2, -0.15) is 4.31 Å². The Morgan fingerprint density at radius 1 is 1.41 bits per heavy atom. The molecule has 0 aromatic heterocycles. The van der Waals surface area contributed by atoms with Crippen molar-refractivity contribution in [2.45, 2.75) is 24.7 Å². The molecule has 0 N–H and O–H groups in total. The van der Waals surface area contributed by atoms with Gasteiger partial charge in [0.15, 0.2) is 0 Å². The summed E-state index contributed by atoms with van der Waals surface area (Å²) in [6.45, 7) is 3.40. The van der Waals surface area contributed by atoms with E-state index in [0.29, 0.717) is 28.4 Å². The molecule has 0 amide bonds. The first-order valence-electron chi connectivity index (χ1n) is 5.80. The van der Waals surface area contributed by atoms with Crippen LogP contribution in [0.15, 0.2) is 33.6 Å². The van der Waals surface area contributed by atoms with E-state index in [-0.39, 0.29) is 0 Å². The minimum absolute atomic E-state index is 0.372. The monoisotopic (exact) mass is 317 g/mol. The number of rotatable bonds is 3. The van der Waals surface area contributed by atoms with E-state index in [0.717, 1.165) is 12.8 Å². The van der Waals surface area contributed by atoms with Gasteiger partial charge < -0.3 is 0 Å². The molecular formula is C12H16BrNO2S. The molecule has 1 aliphatic rings. The largest absolute Gasteiger partial charge is 0.244 e. The first kappa shape index (κ1) is 13.1. The SMILES string of the molecule is CCC1CCN(S(=O)(=O)c2ccccc2Br)C1. The molecule has 5 heteroatoms. The summed E-state index contributed by atoms with van der Waals surface area (Å²) < 4.78 is 27.1. The van der Waals surface area contributed by atoms with Crippen LogP contribution in [0.3, 0.4) is 0 Å². The van der Waals surface area contributed by atoms with E-state index in [2.05, 4.69) is 22.9 Å². The Kier molecular flexibility index (Phi) is 3.90. The number of hydrogen-bond donors (Lipinski definition) is 0. The lowest BCUT2D eigenvalue weighted by Crippen LogP contribution is -2.29. The van der Waals surface area contributed by atoms with Crippen LogP contribution in [0.2, 0.25) is 0 Å². The van der Waals surface area contributed by atoms with Crippen molar-refractivity contribution in [1.82, 2.24) is 4.31 Å². The van der Waals surface area contributed by atoms with Crippen molar-refractivity contribution in [3.63, 3.8) is 0 Å². The maximum absolute atomic E-state index is 12.4. The second kappa shape index (κ2) is 5.08. The van der Waals surface area contributed by atoms with Gasteiger partial charge in [-0.25, -0.2) is 8.42 Å². The second-order valence-electron chi connectivity index (χ2n) is 4.36. The smallest absolute Gasteiger partial charge is 0.207 e. The molecular weight excluding hydrogens is 302 g/mol. The molecule has 1 unspecified atom stereocenters. The zero-order valence-corrected chi connectivity index (χ0v) is 12.2. The summed E-state index contributed by atoms with van der Waals surface area (Å²) in [5.41, 5.74) is 0. The summed E-state index contributed by atoms with van der Waals surface area (Å²) in [6.07, 6.45) is 2.02. The van der Waals surface area contributed by atoms with Crippen LogP contribution in [-0.4, -0.2) is 25.8 Å². The van der Waals surface area contributed by atoms with Gasteiger partial charge in [0, 0.05) is 17.6 Å². The zero-order valence-electron chi connectivity index (χ0n) is 9.77. The van der Waals surface area contributed by atoms with Crippen molar-refractivity contribution in [3.8, 4) is 0 Å². The summed E-state index contributed by atoms with van der Waals surface area (Å²) in [5, 5.41) is 0.